The van der Waals surface area contributed by atoms with Crippen LogP contribution >= 0.6 is 0 Å². The van der Waals surface area contributed by atoms with Crippen LogP contribution in [-0.2, 0) is 4.79 Å². The largest absolute Gasteiger partial charge is 0.366 e. The van der Waals surface area contributed by atoms with Crippen LogP contribution in [-0.4, -0.2) is 41.5 Å². The monoisotopic (exact) mass is 363 g/mol. The minimum atomic E-state index is 0.00958. The summed E-state index contributed by atoms with van der Waals surface area (Å²) in [4.78, 5) is 18.9. The number of para-hydroxylation sites is 1. The molecule has 6 heteroatoms. The first kappa shape index (κ1) is 18.9. The minimum absolute atomic E-state index is 0.00958. The van der Waals surface area contributed by atoms with Crippen LogP contribution in [0.1, 0.15) is 29.7 Å². The molecular formula is C21H25N5O. The molecule has 1 aliphatic heterocycles. The lowest BCUT2D eigenvalue weighted by Gasteiger charge is -2.32. The highest BCUT2D eigenvalue weighted by Crippen LogP contribution is 2.21. The number of pyridine rings is 1. The lowest BCUT2D eigenvalue weighted by atomic mass is 10.0. The highest BCUT2D eigenvalue weighted by Gasteiger charge is 2.22. The van der Waals surface area contributed by atoms with E-state index in [-0.39, 0.29) is 11.9 Å². The van der Waals surface area contributed by atoms with Gasteiger partial charge in [-0.1, -0.05) is 18.2 Å². The second-order valence-electron chi connectivity index (χ2n) is 7.02. The van der Waals surface area contributed by atoms with Gasteiger partial charge in [-0.3, -0.25) is 9.69 Å². The first-order chi connectivity index (χ1) is 13.0. The average Bonchev–Trinajstić information content (AvgIpc) is 2.64. The molecule has 0 radical (unpaired) electrons. The van der Waals surface area contributed by atoms with Crippen LogP contribution in [0.4, 0.5) is 11.5 Å². The molecular weight excluding hydrogens is 338 g/mol. The smallest absolute Gasteiger partial charge is 0.238 e. The maximum absolute atomic E-state index is 12.2. The van der Waals surface area contributed by atoms with Gasteiger partial charge >= 0.3 is 0 Å². The Morgan fingerprint density at radius 3 is 2.63 bits per heavy atom. The molecule has 1 fully saturated rings. The molecule has 1 amide bonds. The van der Waals surface area contributed by atoms with Crippen LogP contribution in [0, 0.1) is 25.2 Å². The molecule has 1 aromatic heterocycles. The van der Waals surface area contributed by atoms with E-state index < -0.39 is 0 Å². The molecule has 1 saturated heterocycles. The molecule has 0 saturated carbocycles. The van der Waals surface area contributed by atoms with E-state index in [2.05, 4.69) is 26.6 Å². The second-order valence-corrected chi connectivity index (χ2v) is 7.02. The molecule has 0 aliphatic carbocycles. The summed E-state index contributed by atoms with van der Waals surface area (Å²) < 4.78 is 0. The van der Waals surface area contributed by atoms with Crippen molar-refractivity contribution in [2.75, 3.05) is 30.3 Å². The Hall–Kier alpha value is -2.91. The third kappa shape index (κ3) is 5.05. The van der Waals surface area contributed by atoms with Gasteiger partial charge in [-0.2, -0.15) is 5.26 Å². The van der Waals surface area contributed by atoms with Crippen molar-refractivity contribution in [3.63, 3.8) is 0 Å². The molecule has 140 valence electrons. The van der Waals surface area contributed by atoms with Gasteiger partial charge in [0.1, 0.15) is 11.9 Å². The van der Waals surface area contributed by atoms with Crippen LogP contribution in [0.15, 0.2) is 36.4 Å². The number of hydrogen-bond acceptors (Lipinski definition) is 5. The van der Waals surface area contributed by atoms with Crippen LogP contribution in [0.25, 0.3) is 0 Å². The molecule has 0 bridgehead atoms. The molecule has 0 spiro atoms. The lowest BCUT2D eigenvalue weighted by molar-refractivity contribution is -0.117. The predicted molar refractivity (Wildman–Crippen MR) is 107 cm³/mol. The van der Waals surface area contributed by atoms with Crippen molar-refractivity contribution < 1.29 is 4.79 Å². The first-order valence-corrected chi connectivity index (χ1v) is 9.27. The zero-order valence-corrected chi connectivity index (χ0v) is 15.8. The fraction of sp³-hybridized carbons (Fsp3) is 0.381. The summed E-state index contributed by atoms with van der Waals surface area (Å²) in [6, 6.07) is 14.0. The van der Waals surface area contributed by atoms with Gasteiger partial charge in [-0.05, 0) is 50.5 Å². The third-order valence-electron chi connectivity index (χ3n) is 4.81. The van der Waals surface area contributed by atoms with E-state index in [1.807, 2.05) is 50.2 Å². The van der Waals surface area contributed by atoms with Crippen molar-refractivity contribution in [3.05, 3.63) is 53.2 Å². The van der Waals surface area contributed by atoms with Gasteiger partial charge < -0.3 is 10.6 Å². The first-order valence-electron chi connectivity index (χ1n) is 9.27. The van der Waals surface area contributed by atoms with Crippen LogP contribution in [0.2, 0.25) is 0 Å². The summed E-state index contributed by atoms with van der Waals surface area (Å²) in [7, 11) is 0. The van der Waals surface area contributed by atoms with Crippen LogP contribution in [0.5, 0.6) is 0 Å². The Labute approximate surface area is 160 Å². The zero-order chi connectivity index (χ0) is 19.2. The fourth-order valence-electron chi connectivity index (χ4n) is 3.44. The SMILES string of the molecule is Cc1cc(C)c(C#N)c(NC2CCN(CC(=O)Nc3ccccc3)CC2)n1. The highest BCUT2D eigenvalue weighted by molar-refractivity contribution is 5.92. The Bertz CT molecular complexity index is 836. The Morgan fingerprint density at radius 2 is 1.96 bits per heavy atom. The molecule has 3 rings (SSSR count). The Morgan fingerprint density at radius 1 is 1.26 bits per heavy atom. The highest BCUT2D eigenvalue weighted by atomic mass is 16.2. The number of nitrogens with zero attached hydrogens (tertiary/aromatic N) is 3. The molecule has 2 heterocycles. The number of nitrogens with one attached hydrogen (secondary N) is 2. The number of hydrogen-bond donors (Lipinski definition) is 2. The molecule has 0 unspecified atom stereocenters. The number of anilines is 2. The van der Waals surface area contributed by atoms with Crippen LogP contribution in [0.3, 0.4) is 0 Å². The summed E-state index contributed by atoms with van der Waals surface area (Å²) in [5.74, 6) is 0.686. The topological polar surface area (TPSA) is 81.0 Å². The quantitative estimate of drug-likeness (QED) is 0.853. The van der Waals surface area contributed by atoms with Crippen molar-refractivity contribution in [2.24, 2.45) is 0 Å². The molecule has 2 N–H and O–H groups in total. The Kier molecular flexibility index (Phi) is 6.05. The normalized spacial score (nSPS) is 15.1. The van der Waals surface area contributed by atoms with E-state index >= 15 is 0 Å². The van der Waals surface area contributed by atoms with E-state index in [0.717, 1.165) is 42.9 Å². The summed E-state index contributed by atoms with van der Waals surface area (Å²) >= 11 is 0. The number of piperidine rings is 1. The number of carbonyl (C=O) groups is 1. The van der Waals surface area contributed by atoms with E-state index in [1.54, 1.807) is 0 Å². The standard InChI is InChI=1S/C21H25N5O/c1-15-12-16(2)23-21(19(15)13-22)25-18-8-10-26(11-9-18)14-20(27)24-17-6-4-3-5-7-17/h3-7,12,18H,8-11,14H2,1-2H3,(H,23,25)(H,24,27). The summed E-state index contributed by atoms with van der Waals surface area (Å²) in [5.41, 5.74) is 3.29. The average molecular weight is 363 g/mol. The number of benzene rings is 1. The summed E-state index contributed by atoms with van der Waals surface area (Å²) in [6.07, 6.45) is 1.83. The van der Waals surface area contributed by atoms with E-state index in [9.17, 15) is 10.1 Å². The van der Waals surface area contributed by atoms with Gasteiger partial charge in [-0.15, -0.1) is 0 Å². The predicted octanol–water partition coefficient (Wildman–Crippen LogP) is 3.09. The molecule has 6 nitrogen and oxygen atoms in total. The van der Waals surface area contributed by atoms with Crippen molar-refractivity contribution in [1.29, 1.82) is 5.26 Å². The number of amides is 1. The van der Waals surface area contributed by atoms with Gasteiger partial charge in [-0.25, -0.2) is 4.98 Å². The molecule has 1 aromatic carbocycles. The van der Waals surface area contributed by atoms with Gasteiger partial charge in [0, 0.05) is 30.5 Å². The number of carbonyl (C=O) groups excluding carboxylic acids is 1. The van der Waals surface area contributed by atoms with Gasteiger partial charge in [0.2, 0.25) is 5.91 Å². The van der Waals surface area contributed by atoms with Crippen molar-refractivity contribution in [1.82, 2.24) is 9.88 Å². The lowest BCUT2D eigenvalue weighted by Crippen LogP contribution is -2.42. The number of rotatable bonds is 5. The van der Waals surface area contributed by atoms with Crippen LogP contribution < -0.4 is 10.6 Å². The van der Waals surface area contributed by atoms with Crippen molar-refractivity contribution in [2.45, 2.75) is 32.7 Å². The minimum Gasteiger partial charge on any atom is -0.366 e. The number of aromatic nitrogens is 1. The Balaban J connectivity index is 1.51. The number of aryl methyl sites for hydroxylation is 2. The third-order valence-corrected chi connectivity index (χ3v) is 4.81. The van der Waals surface area contributed by atoms with E-state index in [0.29, 0.717) is 17.9 Å². The molecule has 1 aliphatic rings. The maximum Gasteiger partial charge on any atom is 0.238 e. The fourth-order valence-corrected chi connectivity index (χ4v) is 3.44. The molecule has 0 atom stereocenters. The summed E-state index contributed by atoms with van der Waals surface area (Å²) in [6.45, 7) is 5.95. The van der Waals surface area contributed by atoms with Crippen molar-refractivity contribution in [3.8, 4) is 6.07 Å². The van der Waals surface area contributed by atoms with E-state index in [1.165, 1.54) is 0 Å². The molecule has 2 aromatic rings. The summed E-state index contributed by atoms with van der Waals surface area (Å²) in [5, 5.41) is 15.8. The zero-order valence-electron chi connectivity index (χ0n) is 15.8. The van der Waals surface area contributed by atoms with Gasteiger partial charge in [0.15, 0.2) is 0 Å². The van der Waals surface area contributed by atoms with Gasteiger partial charge in [0.25, 0.3) is 0 Å². The second kappa shape index (κ2) is 8.65. The molecule has 27 heavy (non-hydrogen) atoms. The number of nitriles is 1. The number of likely N-dealkylation sites (tertiary alicyclic amines) is 1. The van der Waals surface area contributed by atoms with Gasteiger partial charge in [0.05, 0.1) is 12.1 Å². The maximum atomic E-state index is 12.2. The van der Waals surface area contributed by atoms with Crippen molar-refractivity contribution >= 4 is 17.4 Å². The van der Waals surface area contributed by atoms with E-state index in [4.69, 9.17) is 0 Å².